The minimum absolute atomic E-state index is 0.173. The molecule has 1 heterocycles. The Morgan fingerprint density at radius 2 is 1.76 bits per heavy atom. The van der Waals surface area contributed by atoms with E-state index in [0.717, 1.165) is 5.69 Å². The van der Waals surface area contributed by atoms with Gasteiger partial charge < -0.3 is 20.1 Å². The van der Waals surface area contributed by atoms with Gasteiger partial charge in [-0.15, -0.1) is 0 Å². The van der Waals surface area contributed by atoms with Gasteiger partial charge in [-0.3, -0.25) is 4.31 Å². The Balaban J connectivity index is 1.98. The van der Waals surface area contributed by atoms with Gasteiger partial charge in [0.25, 0.3) is 10.0 Å². The van der Waals surface area contributed by atoms with Crippen molar-refractivity contribution in [1.82, 2.24) is 0 Å². The molecule has 29 heavy (non-hydrogen) atoms. The highest BCUT2D eigenvalue weighted by atomic mass is 35.5. The third kappa shape index (κ3) is 5.40. The Kier molecular flexibility index (Phi) is 7.74. The lowest BCUT2D eigenvalue weighted by Crippen LogP contribution is -2.39. The summed E-state index contributed by atoms with van der Waals surface area (Å²) in [5, 5.41) is 0.482. The van der Waals surface area contributed by atoms with Crippen molar-refractivity contribution in [2.45, 2.75) is 4.90 Å². The second-order valence-corrected chi connectivity index (χ2v) is 8.82. The molecule has 0 spiro atoms. The number of para-hydroxylation sites is 2. The molecule has 9 heteroatoms. The maximum Gasteiger partial charge on any atom is 0.264 e. The van der Waals surface area contributed by atoms with E-state index in [9.17, 15) is 8.42 Å². The standard InChI is InChI=1S/C20H26ClN3O4S/c21-17-5-7-18(8-6-17)29(25,26)24(12-16-27-13-9-22)20-4-2-1-3-19(20)23-10-14-28-15-11-23/h1-8H,9-16,22H2. The molecule has 1 saturated heterocycles. The normalized spacial score (nSPS) is 14.8. The largest absolute Gasteiger partial charge is 0.378 e. The highest BCUT2D eigenvalue weighted by Gasteiger charge is 2.28. The van der Waals surface area contributed by atoms with E-state index < -0.39 is 10.0 Å². The minimum Gasteiger partial charge on any atom is -0.378 e. The first-order chi connectivity index (χ1) is 14.0. The van der Waals surface area contributed by atoms with Crippen LogP contribution in [-0.2, 0) is 19.5 Å². The highest BCUT2D eigenvalue weighted by Crippen LogP contribution is 2.33. The van der Waals surface area contributed by atoms with Gasteiger partial charge in [0.1, 0.15) is 0 Å². The Morgan fingerprint density at radius 1 is 1.07 bits per heavy atom. The number of nitrogens with zero attached hydrogens (tertiary/aromatic N) is 2. The van der Waals surface area contributed by atoms with E-state index in [-0.39, 0.29) is 18.0 Å². The van der Waals surface area contributed by atoms with Gasteiger partial charge in [-0.25, -0.2) is 8.42 Å². The third-order valence-electron chi connectivity index (χ3n) is 4.60. The van der Waals surface area contributed by atoms with Crippen molar-refractivity contribution in [1.29, 1.82) is 0 Å². The van der Waals surface area contributed by atoms with Crippen molar-refractivity contribution in [3.63, 3.8) is 0 Å². The average Bonchev–Trinajstić information content (AvgIpc) is 2.74. The quantitative estimate of drug-likeness (QED) is 0.604. The summed E-state index contributed by atoms with van der Waals surface area (Å²) in [4.78, 5) is 2.32. The molecule has 0 unspecified atom stereocenters. The van der Waals surface area contributed by atoms with Gasteiger partial charge in [0.2, 0.25) is 0 Å². The number of sulfonamides is 1. The third-order valence-corrected chi connectivity index (χ3v) is 6.68. The van der Waals surface area contributed by atoms with Gasteiger partial charge in [0.05, 0.1) is 49.2 Å². The first-order valence-corrected chi connectivity index (χ1v) is 11.3. The Morgan fingerprint density at radius 3 is 2.45 bits per heavy atom. The van der Waals surface area contributed by atoms with Gasteiger partial charge in [0, 0.05) is 24.7 Å². The fraction of sp³-hybridized carbons (Fsp3) is 0.400. The zero-order valence-corrected chi connectivity index (χ0v) is 17.7. The van der Waals surface area contributed by atoms with Crippen molar-refractivity contribution < 1.29 is 17.9 Å². The lowest BCUT2D eigenvalue weighted by atomic mass is 10.2. The van der Waals surface area contributed by atoms with E-state index in [4.69, 9.17) is 26.8 Å². The van der Waals surface area contributed by atoms with E-state index in [0.29, 0.717) is 50.2 Å². The van der Waals surface area contributed by atoms with Gasteiger partial charge in [-0.1, -0.05) is 23.7 Å². The molecular formula is C20H26ClN3O4S. The first-order valence-electron chi connectivity index (χ1n) is 9.52. The Labute approximate surface area is 177 Å². The molecule has 3 rings (SSSR count). The maximum atomic E-state index is 13.5. The van der Waals surface area contributed by atoms with Crippen LogP contribution in [0.5, 0.6) is 0 Å². The molecule has 2 aromatic rings. The Hall–Kier alpha value is -1.84. The van der Waals surface area contributed by atoms with Crippen LogP contribution in [0.4, 0.5) is 11.4 Å². The predicted octanol–water partition coefficient (Wildman–Crippen LogP) is 2.35. The van der Waals surface area contributed by atoms with Crippen LogP contribution in [0.25, 0.3) is 0 Å². The smallest absolute Gasteiger partial charge is 0.264 e. The van der Waals surface area contributed by atoms with E-state index >= 15 is 0 Å². The van der Waals surface area contributed by atoms with E-state index in [2.05, 4.69) is 4.90 Å². The second kappa shape index (κ2) is 10.3. The van der Waals surface area contributed by atoms with Crippen LogP contribution in [0.1, 0.15) is 0 Å². The number of nitrogens with two attached hydrogens (primary N) is 1. The number of morpholine rings is 1. The first kappa shape index (κ1) is 21.9. The van der Waals surface area contributed by atoms with Gasteiger partial charge in [0.15, 0.2) is 0 Å². The van der Waals surface area contributed by atoms with Crippen LogP contribution in [0.2, 0.25) is 5.02 Å². The zero-order chi connectivity index (χ0) is 20.7. The monoisotopic (exact) mass is 439 g/mol. The van der Waals surface area contributed by atoms with Crippen molar-refractivity contribution in [2.24, 2.45) is 5.73 Å². The molecule has 0 saturated carbocycles. The fourth-order valence-electron chi connectivity index (χ4n) is 3.18. The van der Waals surface area contributed by atoms with Crippen LogP contribution in [0.15, 0.2) is 53.4 Å². The van der Waals surface area contributed by atoms with Crippen LogP contribution in [0.3, 0.4) is 0 Å². The molecule has 0 amide bonds. The van der Waals surface area contributed by atoms with Crippen molar-refractivity contribution in [2.75, 3.05) is 61.8 Å². The molecule has 2 N–H and O–H groups in total. The minimum atomic E-state index is -3.81. The van der Waals surface area contributed by atoms with Crippen molar-refractivity contribution in [3.05, 3.63) is 53.6 Å². The SMILES string of the molecule is NCCOCCN(c1ccccc1N1CCOCC1)S(=O)(=O)c1ccc(Cl)cc1. The van der Waals surface area contributed by atoms with E-state index in [1.54, 1.807) is 12.1 Å². The fourth-order valence-corrected chi connectivity index (χ4v) is 4.77. The van der Waals surface area contributed by atoms with Crippen molar-refractivity contribution >= 4 is 33.0 Å². The molecule has 158 valence electrons. The average molecular weight is 440 g/mol. The summed E-state index contributed by atoms with van der Waals surface area (Å²) < 4.78 is 39.3. The maximum absolute atomic E-state index is 13.5. The highest BCUT2D eigenvalue weighted by molar-refractivity contribution is 7.92. The number of halogens is 1. The summed E-state index contributed by atoms with van der Waals surface area (Å²) in [6.45, 7) is 3.79. The zero-order valence-electron chi connectivity index (χ0n) is 16.2. The van der Waals surface area contributed by atoms with E-state index in [1.165, 1.54) is 16.4 Å². The van der Waals surface area contributed by atoms with Crippen molar-refractivity contribution in [3.8, 4) is 0 Å². The molecular weight excluding hydrogens is 414 g/mol. The molecule has 0 aromatic heterocycles. The molecule has 0 bridgehead atoms. The van der Waals surface area contributed by atoms with Gasteiger partial charge in [-0.05, 0) is 36.4 Å². The summed E-state index contributed by atoms with van der Waals surface area (Å²) in [5.41, 5.74) is 6.95. The summed E-state index contributed by atoms with van der Waals surface area (Å²) in [5.74, 6) is 0. The lowest BCUT2D eigenvalue weighted by Gasteiger charge is -2.34. The van der Waals surface area contributed by atoms with Crippen LogP contribution in [-0.4, -0.2) is 61.0 Å². The summed E-state index contributed by atoms with van der Waals surface area (Å²) in [6, 6.07) is 13.7. The molecule has 0 atom stereocenters. The Bertz CT molecular complexity index is 887. The number of rotatable bonds is 9. The number of hydrogen-bond donors (Lipinski definition) is 1. The van der Waals surface area contributed by atoms with E-state index in [1.807, 2.05) is 24.3 Å². The number of hydrogen-bond acceptors (Lipinski definition) is 6. The molecule has 1 aliphatic heterocycles. The molecule has 1 aliphatic rings. The number of benzene rings is 2. The summed E-state index contributed by atoms with van der Waals surface area (Å²) in [6.07, 6.45) is 0. The van der Waals surface area contributed by atoms with Crippen LogP contribution in [0, 0.1) is 0 Å². The predicted molar refractivity (Wildman–Crippen MR) is 115 cm³/mol. The number of anilines is 2. The molecule has 2 aromatic carbocycles. The van der Waals surface area contributed by atoms with Crippen LogP contribution < -0.4 is 14.9 Å². The second-order valence-electron chi connectivity index (χ2n) is 6.52. The number of ether oxygens (including phenoxy) is 2. The molecule has 0 aliphatic carbocycles. The van der Waals surface area contributed by atoms with Crippen LogP contribution >= 0.6 is 11.6 Å². The molecule has 1 fully saturated rings. The topological polar surface area (TPSA) is 85.1 Å². The molecule has 0 radical (unpaired) electrons. The van der Waals surface area contributed by atoms with Gasteiger partial charge >= 0.3 is 0 Å². The lowest BCUT2D eigenvalue weighted by molar-refractivity contribution is 0.122. The summed E-state index contributed by atoms with van der Waals surface area (Å²) >= 11 is 5.94. The summed E-state index contributed by atoms with van der Waals surface area (Å²) in [7, 11) is -3.81. The van der Waals surface area contributed by atoms with Gasteiger partial charge in [-0.2, -0.15) is 0 Å². The molecule has 7 nitrogen and oxygen atoms in total.